The third kappa shape index (κ3) is 3.71. The smallest absolute Gasteiger partial charge is 0.323 e. The zero-order chi connectivity index (χ0) is 13.8. The van der Waals surface area contributed by atoms with Gasteiger partial charge in [0.25, 0.3) is 0 Å². The maximum atomic E-state index is 12.2. The van der Waals surface area contributed by atoms with Gasteiger partial charge in [0.2, 0.25) is 0 Å². The number of rotatable bonds is 5. The normalized spacial score (nSPS) is 15.6. The van der Waals surface area contributed by atoms with Crippen molar-refractivity contribution in [3.63, 3.8) is 0 Å². The summed E-state index contributed by atoms with van der Waals surface area (Å²) in [5, 5.41) is 11.8. The summed E-state index contributed by atoms with van der Waals surface area (Å²) >= 11 is 0. The number of urea groups is 1. The van der Waals surface area contributed by atoms with E-state index in [1.807, 2.05) is 13.0 Å². The predicted molar refractivity (Wildman–Crippen MR) is 72.1 cm³/mol. The Labute approximate surface area is 112 Å². The molecule has 2 rings (SSSR count). The van der Waals surface area contributed by atoms with Gasteiger partial charge in [0.1, 0.15) is 6.54 Å². The molecule has 5 nitrogen and oxygen atoms in total. The zero-order valence-electron chi connectivity index (χ0n) is 10.9. The number of carbonyl (C=O) groups excluding carboxylic acids is 1. The van der Waals surface area contributed by atoms with E-state index in [-0.39, 0.29) is 18.6 Å². The van der Waals surface area contributed by atoms with Crippen molar-refractivity contribution >= 4 is 17.7 Å². The van der Waals surface area contributed by atoms with E-state index in [2.05, 4.69) is 5.32 Å². The molecule has 1 saturated carbocycles. The minimum Gasteiger partial charge on any atom is -0.480 e. The average molecular weight is 262 g/mol. The molecule has 1 unspecified atom stereocenters. The molecule has 0 spiro atoms. The largest absolute Gasteiger partial charge is 0.480 e. The number of anilines is 1. The van der Waals surface area contributed by atoms with Gasteiger partial charge in [0, 0.05) is 11.7 Å². The van der Waals surface area contributed by atoms with Crippen LogP contribution in [0, 0.1) is 5.92 Å². The second-order valence-corrected chi connectivity index (χ2v) is 4.89. The second kappa shape index (κ2) is 5.73. The lowest BCUT2D eigenvalue weighted by atomic mass is 10.2. The van der Waals surface area contributed by atoms with Crippen molar-refractivity contribution in [3.05, 3.63) is 30.3 Å². The molecule has 1 aliphatic rings. The number of hydrogen-bond donors (Lipinski definition) is 2. The molecule has 1 aliphatic carbocycles. The van der Waals surface area contributed by atoms with Crippen molar-refractivity contribution in [3.8, 4) is 0 Å². The summed E-state index contributed by atoms with van der Waals surface area (Å²) in [4.78, 5) is 24.3. The third-order valence-corrected chi connectivity index (χ3v) is 3.29. The molecule has 0 saturated heterocycles. The SMILES string of the molecule is CC(NC(=O)N(CC(=O)O)c1ccccc1)C1CC1. The first-order valence-electron chi connectivity index (χ1n) is 6.43. The second-order valence-electron chi connectivity index (χ2n) is 4.89. The van der Waals surface area contributed by atoms with Crippen molar-refractivity contribution in [2.24, 2.45) is 5.92 Å². The van der Waals surface area contributed by atoms with Crippen LogP contribution in [0.5, 0.6) is 0 Å². The van der Waals surface area contributed by atoms with Gasteiger partial charge >= 0.3 is 12.0 Å². The first-order chi connectivity index (χ1) is 9.08. The van der Waals surface area contributed by atoms with Crippen LogP contribution in [0.25, 0.3) is 0 Å². The van der Waals surface area contributed by atoms with Gasteiger partial charge in [-0.1, -0.05) is 18.2 Å². The van der Waals surface area contributed by atoms with Crippen molar-refractivity contribution in [2.75, 3.05) is 11.4 Å². The molecule has 102 valence electrons. The van der Waals surface area contributed by atoms with E-state index in [0.717, 1.165) is 12.8 Å². The van der Waals surface area contributed by atoms with Gasteiger partial charge in [-0.2, -0.15) is 0 Å². The van der Waals surface area contributed by atoms with Crippen molar-refractivity contribution < 1.29 is 14.7 Å². The molecule has 1 fully saturated rings. The van der Waals surface area contributed by atoms with Crippen molar-refractivity contribution in [2.45, 2.75) is 25.8 Å². The van der Waals surface area contributed by atoms with Gasteiger partial charge in [-0.05, 0) is 37.8 Å². The van der Waals surface area contributed by atoms with Crippen LogP contribution in [-0.4, -0.2) is 29.7 Å². The van der Waals surface area contributed by atoms with E-state index >= 15 is 0 Å². The van der Waals surface area contributed by atoms with Gasteiger partial charge in [0.15, 0.2) is 0 Å². The Hall–Kier alpha value is -2.04. The highest BCUT2D eigenvalue weighted by Crippen LogP contribution is 2.32. The molecule has 0 radical (unpaired) electrons. The van der Waals surface area contributed by atoms with Crippen LogP contribution in [0.2, 0.25) is 0 Å². The number of amides is 2. The summed E-state index contributed by atoms with van der Waals surface area (Å²) in [5.74, 6) is -0.496. The summed E-state index contributed by atoms with van der Waals surface area (Å²) in [5.41, 5.74) is 0.588. The Kier molecular flexibility index (Phi) is 4.04. The first-order valence-corrected chi connectivity index (χ1v) is 6.43. The Morgan fingerprint density at radius 1 is 1.37 bits per heavy atom. The fourth-order valence-corrected chi connectivity index (χ4v) is 2.01. The highest BCUT2D eigenvalue weighted by Gasteiger charge is 2.30. The monoisotopic (exact) mass is 262 g/mol. The molecule has 1 aromatic carbocycles. The standard InChI is InChI=1S/C14H18N2O3/c1-10(11-7-8-11)15-14(19)16(9-13(17)18)12-5-3-2-4-6-12/h2-6,10-11H,7-9H2,1H3,(H,15,19)(H,17,18). The average Bonchev–Trinajstić information content (AvgIpc) is 3.20. The number of nitrogens with one attached hydrogen (secondary N) is 1. The molecule has 2 N–H and O–H groups in total. The third-order valence-electron chi connectivity index (χ3n) is 3.29. The van der Waals surface area contributed by atoms with Crippen molar-refractivity contribution in [1.29, 1.82) is 0 Å². The number of nitrogens with zero attached hydrogens (tertiary/aromatic N) is 1. The molecule has 1 aromatic rings. The molecular formula is C14H18N2O3. The van der Waals surface area contributed by atoms with Gasteiger partial charge in [-0.25, -0.2) is 4.79 Å². The fraction of sp³-hybridized carbons (Fsp3) is 0.429. The Balaban J connectivity index is 2.08. The number of para-hydroxylation sites is 1. The molecule has 0 aliphatic heterocycles. The van der Waals surface area contributed by atoms with Gasteiger partial charge < -0.3 is 10.4 Å². The van der Waals surface area contributed by atoms with E-state index in [1.54, 1.807) is 24.3 Å². The molecule has 2 amide bonds. The van der Waals surface area contributed by atoms with E-state index in [0.29, 0.717) is 11.6 Å². The fourth-order valence-electron chi connectivity index (χ4n) is 2.01. The first kappa shape index (κ1) is 13.4. The van der Waals surface area contributed by atoms with Crippen LogP contribution >= 0.6 is 0 Å². The number of benzene rings is 1. The van der Waals surface area contributed by atoms with Crippen molar-refractivity contribution in [1.82, 2.24) is 5.32 Å². The van der Waals surface area contributed by atoms with Crippen LogP contribution in [-0.2, 0) is 4.79 Å². The topological polar surface area (TPSA) is 69.6 Å². The maximum absolute atomic E-state index is 12.2. The van der Waals surface area contributed by atoms with Crippen LogP contribution < -0.4 is 10.2 Å². The molecule has 0 heterocycles. The number of hydrogen-bond acceptors (Lipinski definition) is 2. The molecule has 0 bridgehead atoms. The Morgan fingerprint density at radius 2 is 2.00 bits per heavy atom. The Morgan fingerprint density at radius 3 is 2.53 bits per heavy atom. The molecule has 0 aromatic heterocycles. The summed E-state index contributed by atoms with van der Waals surface area (Å²) in [6, 6.07) is 8.58. The molecule has 5 heteroatoms. The molecule has 19 heavy (non-hydrogen) atoms. The summed E-state index contributed by atoms with van der Waals surface area (Å²) in [6.45, 7) is 1.62. The quantitative estimate of drug-likeness (QED) is 0.853. The minimum absolute atomic E-state index is 0.0903. The van der Waals surface area contributed by atoms with Gasteiger partial charge in [-0.15, -0.1) is 0 Å². The minimum atomic E-state index is -1.03. The Bertz CT molecular complexity index is 457. The summed E-state index contributed by atoms with van der Waals surface area (Å²) in [7, 11) is 0. The van der Waals surface area contributed by atoms with E-state index in [9.17, 15) is 9.59 Å². The number of carbonyl (C=O) groups is 2. The van der Waals surface area contributed by atoms with E-state index < -0.39 is 5.97 Å². The van der Waals surface area contributed by atoms with E-state index in [1.165, 1.54) is 4.90 Å². The van der Waals surface area contributed by atoms with Crippen LogP contribution in [0.3, 0.4) is 0 Å². The van der Waals surface area contributed by atoms with Crippen LogP contribution in [0.4, 0.5) is 10.5 Å². The molecule has 1 atom stereocenters. The highest BCUT2D eigenvalue weighted by atomic mass is 16.4. The summed E-state index contributed by atoms with van der Waals surface area (Å²) in [6.07, 6.45) is 2.26. The number of aliphatic carboxylic acids is 1. The van der Waals surface area contributed by atoms with Gasteiger partial charge in [-0.3, -0.25) is 9.69 Å². The lowest BCUT2D eigenvalue weighted by Crippen LogP contribution is -2.46. The lowest BCUT2D eigenvalue weighted by molar-refractivity contribution is -0.135. The predicted octanol–water partition coefficient (Wildman–Crippen LogP) is 2.09. The van der Waals surface area contributed by atoms with Gasteiger partial charge in [0.05, 0.1) is 0 Å². The van der Waals surface area contributed by atoms with Crippen LogP contribution in [0.15, 0.2) is 30.3 Å². The molecular weight excluding hydrogens is 244 g/mol. The lowest BCUT2D eigenvalue weighted by Gasteiger charge is -2.23. The van der Waals surface area contributed by atoms with E-state index in [4.69, 9.17) is 5.11 Å². The zero-order valence-corrected chi connectivity index (χ0v) is 10.9. The number of carboxylic acid groups (broad SMARTS) is 1. The van der Waals surface area contributed by atoms with Crippen LogP contribution in [0.1, 0.15) is 19.8 Å². The highest BCUT2D eigenvalue weighted by molar-refractivity contribution is 5.96. The number of carboxylic acids is 1. The summed E-state index contributed by atoms with van der Waals surface area (Å²) < 4.78 is 0. The maximum Gasteiger partial charge on any atom is 0.323 e.